The van der Waals surface area contributed by atoms with E-state index in [4.69, 9.17) is 9.47 Å². The third-order valence-corrected chi connectivity index (χ3v) is 1.37. The Hall–Kier alpha value is -1.18. The van der Waals surface area contributed by atoms with Gasteiger partial charge in [0.2, 0.25) is 6.29 Å². The van der Waals surface area contributed by atoms with Crippen LogP contribution < -0.4 is 9.47 Å². The molecule has 1 aliphatic rings. The van der Waals surface area contributed by atoms with E-state index in [1.807, 2.05) is 13.0 Å². The molecule has 2 rings (SSSR count). The first-order chi connectivity index (χ1) is 4.86. The molecule has 0 spiro atoms. The van der Waals surface area contributed by atoms with Crippen LogP contribution >= 0.6 is 0 Å². The van der Waals surface area contributed by atoms with Gasteiger partial charge < -0.3 is 9.47 Å². The molecule has 2 heteroatoms. The van der Waals surface area contributed by atoms with Gasteiger partial charge in [0.15, 0.2) is 11.5 Å². The fraction of sp³-hybridized carbons (Fsp3) is 0.250. The molecule has 0 saturated heterocycles. The molecule has 0 N–H and O–H groups in total. The minimum absolute atomic E-state index is 0.147. The van der Waals surface area contributed by atoms with Crippen LogP contribution in [0.25, 0.3) is 0 Å². The van der Waals surface area contributed by atoms with Crippen LogP contribution in [-0.4, -0.2) is 6.29 Å². The zero-order valence-corrected chi connectivity index (χ0v) is 5.63. The van der Waals surface area contributed by atoms with Crippen LogP contribution in [0.1, 0.15) is 6.92 Å². The van der Waals surface area contributed by atoms with Crippen molar-refractivity contribution in [2.24, 2.45) is 0 Å². The molecular weight excluding hydrogens is 128 g/mol. The Morgan fingerprint density at radius 3 is 3.00 bits per heavy atom. The molecule has 0 aliphatic carbocycles. The normalized spacial score (nSPS) is 15.7. The summed E-state index contributed by atoms with van der Waals surface area (Å²) in [6.07, 6.45) is -0.147. The molecule has 0 saturated carbocycles. The summed E-state index contributed by atoms with van der Waals surface area (Å²) in [5.41, 5.74) is 0. The minimum Gasteiger partial charge on any atom is -0.451 e. The molecule has 0 amide bonds. The third kappa shape index (κ3) is 0.727. The van der Waals surface area contributed by atoms with Crippen LogP contribution in [0.3, 0.4) is 0 Å². The quantitative estimate of drug-likeness (QED) is 0.538. The average molecular weight is 135 g/mol. The summed E-state index contributed by atoms with van der Waals surface area (Å²) < 4.78 is 10.5. The second-order valence-corrected chi connectivity index (χ2v) is 2.18. The van der Waals surface area contributed by atoms with Crippen LogP contribution in [0.2, 0.25) is 0 Å². The molecule has 51 valence electrons. The van der Waals surface area contributed by atoms with Gasteiger partial charge in [-0.1, -0.05) is 6.07 Å². The van der Waals surface area contributed by atoms with Gasteiger partial charge in [0, 0.05) is 6.92 Å². The number of ether oxygens (including phenoxy) is 2. The van der Waals surface area contributed by atoms with Crippen LogP contribution in [0.4, 0.5) is 0 Å². The van der Waals surface area contributed by atoms with Crippen molar-refractivity contribution < 1.29 is 9.47 Å². The Labute approximate surface area is 59.4 Å². The Morgan fingerprint density at radius 2 is 2.20 bits per heavy atom. The van der Waals surface area contributed by atoms with Gasteiger partial charge in [0.25, 0.3) is 0 Å². The molecule has 1 atom stereocenters. The van der Waals surface area contributed by atoms with Crippen molar-refractivity contribution in [3.8, 4) is 11.5 Å². The number of benzene rings is 1. The summed E-state index contributed by atoms with van der Waals surface area (Å²) in [5, 5.41) is 0. The highest BCUT2D eigenvalue weighted by Crippen LogP contribution is 2.33. The fourth-order valence-corrected chi connectivity index (χ4v) is 0.972. The van der Waals surface area contributed by atoms with Crippen LogP contribution in [0.15, 0.2) is 18.2 Å². The van der Waals surface area contributed by atoms with Gasteiger partial charge in [0.05, 0.1) is 0 Å². The lowest BCUT2D eigenvalue weighted by Gasteiger charge is -1.99. The fourth-order valence-electron chi connectivity index (χ4n) is 0.972. The molecule has 1 heterocycles. The van der Waals surface area contributed by atoms with E-state index in [1.54, 1.807) is 12.1 Å². The lowest BCUT2D eigenvalue weighted by molar-refractivity contribution is 0.0678. The minimum atomic E-state index is -0.147. The molecule has 10 heavy (non-hydrogen) atoms. The van der Waals surface area contributed by atoms with Gasteiger partial charge in [-0.05, 0) is 18.2 Å². The van der Waals surface area contributed by atoms with E-state index >= 15 is 0 Å². The van der Waals surface area contributed by atoms with Gasteiger partial charge in [-0.2, -0.15) is 0 Å². The van der Waals surface area contributed by atoms with Crippen molar-refractivity contribution in [2.45, 2.75) is 13.2 Å². The molecular formula is C8H7O2. The van der Waals surface area contributed by atoms with Crippen molar-refractivity contribution in [3.05, 3.63) is 24.3 Å². The summed E-state index contributed by atoms with van der Waals surface area (Å²) in [4.78, 5) is 0. The number of rotatable bonds is 0. The predicted octanol–water partition coefficient (Wildman–Crippen LogP) is 1.60. The van der Waals surface area contributed by atoms with E-state index in [0.29, 0.717) is 0 Å². The van der Waals surface area contributed by atoms with Crippen molar-refractivity contribution in [1.82, 2.24) is 0 Å². The SMILES string of the molecule is CC1Oc2c[c]ccc2O1. The summed E-state index contributed by atoms with van der Waals surface area (Å²) in [6.45, 7) is 1.86. The number of hydrogen-bond acceptors (Lipinski definition) is 2. The van der Waals surface area contributed by atoms with E-state index < -0.39 is 0 Å². The second-order valence-electron chi connectivity index (χ2n) is 2.18. The smallest absolute Gasteiger partial charge is 0.238 e. The predicted molar refractivity (Wildman–Crippen MR) is 36.0 cm³/mol. The van der Waals surface area contributed by atoms with Gasteiger partial charge in [0.1, 0.15) is 0 Å². The second kappa shape index (κ2) is 1.90. The first-order valence-corrected chi connectivity index (χ1v) is 3.20. The molecule has 1 aromatic carbocycles. The third-order valence-electron chi connectivity index (χ3n) is 1.37. The maximum atomic E-state index is 5.26. The van der Waals surface area contributed by atoms with Gasteiger partial charge in [-0.25, -0.2) is 0 Å². The topological polar surface area (TPSA) is 18.5 Å². The Bertz CT molecular complexity index is 220. The van der Waals surface area contributed by atoms with E-state index in [0.717, 1.165) is 11.5 Å². The first-order valence-electron chi connectivity index (χ1n) is 3.20. The van der Waals surface area contributed by atoms with E-state index in [-0.39, 0.29) is 6.29 Å². The first kappa shape index (κ1) is 5.59. The Kier molecular flexibility index (Phi) is 1.07. The van der Waals surface area contributed by atoms with Crippen molar-refractivity contribution in [1.29, 1.82) is 0 Å². The molecule has 0 fully saturated rings. The zero-order chi connectivity index (χ0) is 6.97. The molecule has 0 aromatic heterocycles. The highest BCUT2D eigenvalue weighted by Gasteiger charge is 2.17. The van der Waals surface area contributed by atoms with Crippen molar-refractivity contribution in [3.63, 3.8) is 0 Å². The zero-order valence-electron chi connectivity index (χ0n) is 5.63. The standard InChI is InChI=1S/C8H7O2/c1-6-9-7-4-2-3-5-8(7)10-6/h2,4-6H,1H3. The summed E-state index contributed by atoms with van der Waals surface area (Å²) in [7, 11) is 0. The van der Waals surface area contributed by atoms with Crippen LogP contribution in [0.5, 0.6) is 11.5 Å². The molecule has 2 nitrogen and oxygen atoms in total. The van der Waals surface area contributed by atoms with E-state index in [2.05, 4.69) is 6.07 Å². The average Bonchev–Trinajstić information content (AvgIpc) is 2.27. The highest BCUT2D eigenvalue weighted by molar-refractivity contribution is 5.41. The lowest BCUT2D eigenvalue weighted by Crippen LogP contribution is -2.11. The maximum absolute atomic E-state index is 5.26. The van der Waals surface area contributed by atoms with E-state index in [1.165, 1.54) is 0 Å². The molecule has 1 aromatic rings. The summed E-state index contributed by atoms with van der Waals surface area (Å²) in [5.74, 6) is 1.60. The Morgan fingerprint density at radius 1 is 1.40 bits per heavy atom. The Balaban J connectivity index is 2.42. The monoisotopic (exact) mass is 135 g/mol. The highest BCUT2D eigenvalue weighted by atomic mass is 16.7. The molecule has 1 radical (unpaired) electrons. The van der Waals surface area contributed by atoms with Crippen molar-refractivity contribution in [2.75, 3.05) is 0 Å². The summed E-state index contributed by atoms with van der Waals surface area (Å²) in [6, 6.07) is 8.34. The van der Waals surface area contributed by atoms with E-state index in [9.17, 15) is 0 Å². The van der Waals surface area contributed by atoms with Crippen LogP contribution in [0, 0.1) is 6.07 Å². The molecule has 1 unspecified atom stereocenters. The maximum Gasteiger partial charge on any atom is 0.238 e. The van der Waals surface area contributed by atoms with Gasteiger partial charge in [-0.3, -0.25) is 0 Å². The largest absolute Gasteiger partial charge is 0.451 e. The molecule has 1 aliphatic heterocycles. The number of fused-ring (bicyclic) bond motifs is 1. The van der Waals surface area contributed by atoms with Gasteiger partial charge in [-0.15, -0.1) is 0 Å². The number of hydrogen-bond donors (Lipinski definition) is 0. The van der Waals surface area contributed by atoms with Gasteiger partial charge >= 0.3 is 0 Å². The van der Waals surface area contributed by atoms with Crippen molar-refractivity contribution >= 4 is 0 Å². The van der Waals surface area contributed by atoms with Crippen LogP contribution in [-0.2, 0) is 0 Å². The molecule has 0 bridgehead atoms. The lowest BCUT2D eigenvalue weighted by atomic mass is 10.3. The summed E-state index contributed by atoms with van der Waals surface area (Å²) >= 11 is 0.